The lowest BCUT2D eigenvalue weighted by molar-refractivity contribution is -0.118. The standard InChI is InChI=1S/C11H23NO3S/c1-9(2)16(14,15)7-6-10(13)8-12-11(3,4)5/h9,12H,6-8H2,1-5H3. The van der Waals surface area contributed by atoms with Gasteiger partial charge in [-0.15, -0.1) is 0 Å². The van der Waals surface area contributed by atoms with Crippen molar-refractivity contribution in [1.82, 2.24) is 5.32 Å². The van der Waals surface area contributed by atoms with Crippen molar-refractivity contribution >= 4 is 15.6 Å². The van der Waals surface area contributed by atoms with Crippen molar-refractivity contribution in [3.05, 3.63) is 0 Å². The van der Waals surface area contributed by atoms with Crippen molar-refractivity contribution in [3.8, 4) is 0 Å². The van der Waals surface area contributed by atoms with E-state index in [4.69, 9.17) is 0 Å². The third-order valence-corrected chi connectivity index (χ3v) is 4.41. The molecule has 1 N–H and O–H groups in total. The molecule has 0 aliphatic carbocycles. The maximum atomic E-state index is 11.5. The van der Waals surface area contributed by atoms with Gasteiger partial charge in [-0.1, -0.05) is 0 Å². The first-order valence-electron chi connectivity index (χ1n) is 5.53. The molecule has 0 radical (unpaired) electrons. The lowest BCUT2D eigenvalue weighted by Gasteiger charge is -2.19. The molecule has 0 fully saturated rings. The van der Waals surface area contributed by atoms with Gasteiger partial charge in [-0.25, -0.2) is 8.42 Å². The number of hydrogen-bond donors (Lipinski definition) is 1. The second-order valence-corrected chi connectivity index (χ2v) is 7.98. The van der Waals surface area contributed by atoms with Crippen molar-refractivity contribution in [1.29, 1.82) is 0 Å². The monoisotopic (exact) mass is 249 g/mol. The average Bonchev–Trinajstić information content (AvgIpc) is 2.10. The van der Waals surface area contributed by atoms with Crippen LogP contribution in [0.25, 0.3) is 0 Å². The smallest absolute Gasteiger partial charge is 0.153 e. The highest BCUT2D eigenvalue weighted by atomic mass is 32.2. The predicted octanol–water partition coefficient (Wildman–Crippen LogP) is 1.16. The third-order valence-electron chi connectivity index (χ3n) is 2.20. The van der Waals surface area contributed by atoms with E-state index in [0.29, 0.717) is 0 Å². The second-order valence-electron chi connectivity index (χ2n) is 5.31. The fraction of sp³-hybridized carbons (Fsp3) is 0.909. The van der Waals surface area contributed by atoms with Gasteiger partial charge in [0.1, 0.15) is 5.78 Å². The number of ketones is 1. The molecule has 0 atom stereocenters. The van der Waals surface area contributed by atoms with Crippen LogP contribution in [0.1, 0.15) is 41.0 Å². The Bertz CT molecular complexity index is 326. The van der Waals surface area contributed by atoms with Crippen molar-refractivity contribution in [2.75, 3.05) is 12.3 Å². The van der Waals surface area contributed by atoms with Crippen LogP contribution in [0, 0.1) is 0 Å². The Balaban J connectivity index is 4.01. The number of carbonyl (C=O) groups excluding carboxylic acids is 1. The highest BCUT2D eigenvalue weighted by molar-refractivity contribution is 7.91. The third kappa shape index (κ3) is 6.95. The zero-order valence-electron chi connectivity index (χ0n) is 10.8. The Labute approximate surface area is 98.7 Å². The Morgan fingerprint density at radius 1 is 1.25 bits per heavy atom. The largest absolute Gasteiger partial charge is 0.305 e. The Kier molecular flexibility index (Phi) is 5.62. The fourth-order valence-corrected chi connectivity index (χ4v) is 1.93. The summed E-state index contributed by atoms with van der Waals surface area (Å²) < 4.78 is 22.9. The molecule has 0 saturated carbocycles. The van der Waals surface area contributed by atoms with E-state index in [1.165, 1.54) is 0 Å². The van der Waals surface area contributed by atoms with Gasteiger partial charge in [0, 0.05) is 12.0 Å². The van der Waals surface area contributed by atoms with E-state index in [1.54, 1.807) is 13.8 Å². The molecular weight excluding hydrogens is 226 g/mol. The number of carbonyl (C=O) groups is 1. The molecule has 0 heterocycles. The molecule has 0 aromatic carbocycles. The van der Waals surface area contributed by atoms with Crippen LogP contribution in [0.3, 0.4) is 0 Å². The summed E-state index contributed by atoms with van der Waals surface area (Å²) in [5, 5.41) is 2.64. The molecule has 4 nitrogen and oxygen atoms in total. The van der Waals surface area contributed by atoms with E-state index >= 15 is 0 Å². The minimum absolute atomic E-state index is 0.0463. The van der Waals surface area contributed by atoms with Crippen molar-refractivity contribution < 1.29 is 13.2 Å². The zero-order valence-corrected chi connectivity index (χ0v) is 11.6. The van der Waals surface area contributed by atoms with E-state index in [-0.39, 0.29) is 30.0 Å². The normalized spacial score (nSPS) is 13.1. The summed E-state index contributed by atoms with van der Waals surface area (Å²) in [5.41, 5.74) is -0.118. The summed E-state index contributed by atoms with van der Waals surface area (Å²) in [5.74, 6) is -0.103. The van der Waals surface area contributed by atoms with Crippen LogP contribution in [-0.4, -0.2) is 37.3 Å². The molecule has 0 spiro atoms. The molecule has 0 amide bonds. The van der Waals surface area contributed by atoms with Crippen LogP contribution in [0.15, 0.2) is 0 Å². The molecule has 16 heavy (non-hydrogen) atoms. The first kappa shape index (κ1) is 15.6. The van der Waals surface area contributed by atoms with E-state index < -0.39 is 15.1 Å². The van der Waals surface area contributed by atoms with Gasteiger partial charge >= 0.3 is 0 Å². The highest BCUT2D eigenvalue weighted by Gasteiger charge is 2.18. The molecule has 0 aliphatic heterocycles. The minimum Gasteiger partial charge on any atom is -0.305 e. The van der Waals surface area contributed by atoms with Crippen molar-refractivity contribution in [2.45, 2.75) is 51.8 Å². The molecule has 0 aromatic heterocycles. The lowest BCUT2D eigenvalue weighted by Crippen LogP contribution is -2.39. The van der Waals surface area contributed by atoms with Crippen LogP contribution in [-0.2, 0) is 14.6 Å². The summed E-state index contributed by atoms with van der Waals surface area (Å²) in [4.78, 5) is 11.4. The van der Waals surface area contributed by atoms with E-state index in [2.05, 4.69) is 5.32 Å². The number of sulfone groups is 1. The van der Waals surface area contributed by atoms with Gasteiger partial charge in [0.05, 0.1) is 17.5 Å². The van der Waals surface area contributed by atoms with Crippen molar-refractivity contribution in [2.24, 2.45) is 0 Å². The number of rotatable bonds is 6. The van der Waals surface area contributed by atoms with Crippen molar-refractivity contribution in [3.63, 3.8) is 0 Å². The van der Waals surface area contributed by atoms with Crippen LogP contribution in [0.4, 0.5) is 0 Å². The molecule has 5 heteroatoms. The molecule has 0 aliphatic rings. The molecule has 0 unspecified atom stereocenters. The molecule has 0 bridgehead atoms. The zero-order chi connectivity index (χ0) is 13.0. The van der Waals surface area contributed by atoms with Gasteiger partial charge in [0.2, 0.25) is 0 Å². The Hall–Kier alpha value is -0.420. The highest BCUT2D eigenvalue weighted by Crippen LogP contribution is 2.03. The first-order valence-corrected chi connectivity index (χ1v) is 7.24. The van der Waals surface area contributed by atoms with Crippen LogP contribution in [0.5, 0.6) is 0 Å². The number of Topliss-reactive ketones (excluding diaryl/α,β-unsaturated/α-hetero) is 1. The van der Waals surface area contributed by atoms with Gasteiger partial charge in [-0.3, -0.25) is 4.79 Å². The van der Waals surface area contributed by atoms with E-state index in [1.807, 2.05) is 20.8 Å². The summed E-state index contributed by atoms with van der Waals surface area (Å²) in [6.45, 7) is 9.39. The Morgan fingerprint density at radius 2 is 1.75 bits per heavy atom. The van der Waals surface area contributed by atoms with Gasteiger partial charge in [0.25, 0.3) is 0 Å². The van der Waals surface area contributed by atoms with Crippen LogP contribution >= 0.6 is 0 Å². The SMILES string of the molecule is CC(C)S(=O)(=O)CCC(=O)CNC(C)(C)C. The maximum Gasteiger partial charge on any atom is 0.153 e. The lowest BCUT2D eigenvalue weighted by atomic mass is 10.1. The topological polar surface area (TPSA) is 63.2 Å². The minimum atomic E-state index is -3.10. The fourth-order valence-electron chi connectivity index (χ4n) is 0.944. The first-order chi connectivity index (χ1) is 7.04. The van der Waals surface area contributed by atoms with Gasteiger partial charge < -0.3 is 5.32 Å². The summed E-state index contributed by atoms with van der Waals surface area (Å²) >= 11 is 0. The number of hydrogen-bond acceptors (Lipinski definition) is 4. The molecular formula is C11H23NO3S. The quantitative estimate of drug-likeness (QED) is 0.767. The molecule has 0 rings (SSSR count). The van der Waals surface area contributed by atoms with Gasteiger partial charge in [-0.05, 0) is 34.6 Å². The predicted molar refractivity (Wildman–Crippen MR) is 66.3 cm³/mol. The molecule has 0 saturated heterocycles. The summed E-state index contributed by atoms with van der Waals surface area (Å²) in [7, 11) is -3.10. The second kappa shape index (κ2) is 5.77. The summed E-state index contributed by atoms with van der Waals surface area (Å²) in [6.07, 6.45) is 0.101. The van der Waals surface area contributed by atoms with E-state index in [0.717, 1.165) is 0 Å². The van der Waals surface area contributed by atoms with Crippen LogP contribution < -0.4 is 5.32 Å². The number of nitrogens with one attached hydrogen (secondary N) is 1. The summed E-state index contributed by atoms with van der Waals surface area (Å²) in [6, 6.07) is 0. The average molecular weight is 249 g/mol. The van der Waals surface area contributed by atoms with Crippen LogP contribution in [0.2, 0.25) is 0 Å². The maximum absolute atomic E-state index is 11.5. The molecule has 96 valence electrons. The Morgan fingerprint density at radius 3 is 2.12 bits per heavy atom. The van der Waals surface area contributed by atoms with Gasteiger partial charge in [0.15, 0.2) is 9.84 Å². The van der Waals surface area contributed by atoms with E-state index in [9.17, 15) is 13.2 Å². The molecule has 0 aromatic rings. The van der Waals surface area contributed by atoms with Gasteiger partial charge in [-0.2, -0.15) is 0 Å².